The van der Waals surface area contributed by atoms with E-state index >= 15 is 0 Å². The van der Waals surface area contributed by atoms with Crippen LogP contribution in [0.5, 0.6) is 0 Å². The zero-order chi connectivity index (χ0) is 16.4. The van der Waals surface area contributed by atoms with Gasteiger partial charge in [-0.1, -0.05) is 11.6 Å². The molecule has 124 valence electrons. The van der Waals surface area contributed by atoms with Crippen molar-refractivity contribution < 1.29 is 27.4 Å². The number of nitrogens with zero attached hydrogens (tertiary/aromatic N) is 2. The van der Waals surface area contributed by atoms with Crippen LogP contribution < -0.4 is 0 Å². The SMILES string of the molecule is COCCN1C(=O)N(C(C)C(C)(C)OC(F)(F)F)CC1Cl. The van der Waals surface area contributed by atoms with Crippen LogP contribution in [-0.4, -0.2) is 66.1 Å². The van der Waals surface area contributed by atoms with Gasteiger partial charge in [-0.2, -0.15) is 0 Å². The van der Waals surface area contributed by atoms with Crippen LogP contribution in [0.4, 0.5) is 18.0 Å². The zero-order valence-electron chi connectivity index (χ0n) is 12.4. The van der Waals surface area contributed by atoms with E-state index in [9.17, 15) is 18.0 Å². The van der Waals surface area contributed by atoms with Crippen LogP contribution in [0.1, 0.15) is 20.8 Å². The number of hydrogen-bond donors (Lipinski definition) is 0. The van der Waals surface area contributed by atoms with Gasteiger partial charge in [0.2, 0.25) is 0 Å². The normalized spacial score (nSPS) is 22.1. The molecule has 0 aromatic rings. The topological polar surface area (TPSA) is 42.0 Å². The van der Waals surface area contributed by atoms with Gasteiger partial charge in [0.15, 0.2) is 0 Å². The Morgan fingerprint density at radius 3 is 2.48 bits per heavy atom. The van der Waals surface area contributed by atoms with Crippen molar-refractivity contribution in [2.45, 2.75) is 44.3 Å². The van der Waals surface area contributed by atoms with Crippen LogP contribution in [0.2, 0.25) is 0 Å². The van der Waals surface area contributed by atoms with E-state index in [-0.39, 0.29) is 13.1 Å². The van der Waals surface area contributed by atoms with E-state index in [1.807, 2.05) is 0 Å². The number of rotatable bonds is 6. The Morgan fingerprint density at radius 2 is 2.00 bits per heavy atom. The predicted molar refractivity (Wildman–Crippen MR) is 71.0 cm³/mol. The van der Waals surface area contributed by atoms with Crippen molar-refractivity contribution in [2.75, 3.05) is 26.8 Å². The number of alkyl halides is 4. The lowest BCUT2D eigenvalue weighted by Crippen LogP contribution is -2.52. The molecule has 1 aliphatic heterocycles. The van der Waals surface area contributed by atoms with E-state index in [4.69, 9.17) is 16.3 Å². The lowest BCUT2D eigenvalue weighted by molar-refractivity contribution is -0.366. The fourth-order valence-electron chi connectivity index (χ4n) is 2.13. The molecule has 0 aromatic heterocycles. The van der Waals surface area contributed by atoms with Crippen molar-refractivity contribution in [1.82, 2.24) is 9.80 Å². The minimum Gasteiger partial charge on any atom is -0.383 e. The van der Waals surface area contributed by atoms with Crippen LogP contribution >= 0.6 is 11.6 Å². The minimum absolute atomic E-state index is 0.135. The average Bonchev–Trinajstić information content (AvgIpc) is 2.58. The summed E-state index contributed by atoms with van der Waals surface area (Å²) in [4.78, 5) is 14.9. The Labute approximate surface area is 126 Å². The Balaban J connectivity index is 2.79. The molecule has 0 spiro atoms. The van der Waals surface area contributed by atoms with Crippen LogP contribution in [0.3, 0.4) is 0 Å². The Hall–Kier alpha value is -0.730. The van der Waals surface area contributed by atoms with Crippen molar-refractivity contribution in [3.8, 4) is 0 Å². The molecule has 0 saturated carbocycles. The van der Waals surface area contributed by atoms with Crippen molar-refractivity contribution in [1.29, 1.82) is 0 Å². The highest BCUT2D eigenvalue weighted by Crippen LogP contribution is 2.32. The Bertz CT molecular complexity index is 379. The van der Waals surface area contributed by atoms with Gasteiger partial charge in [-0.25, -0.2) is 4.79 Å². The molecule has 1 saturated heterocycles. The fraction of sp³-hybridized carbons (Fsp3) is 0.917. The second-order valence-electron chi connectivity index (χ2n) is 5.38. The molecular weight excluding hydrogens is 313 g/mol. The maximum atomic E-state index is 12.4. The van der Waals surface area contributed by atoms with Gasteiger partial charge in [-0.05, 0) is 20.8 Å². The highest BCUT2D eigenvalue weighted by atomic mass is 35.5. The van der Waals surface area contributed by atoms with Gasteiger partial charge in [0, 0.05) is 13.7 Å². The monoisotopic (exact) mass is 332 g/mol. The van der Waals surface area contributed by atoms with Crippen LogP contribution in [0.25, 0.3) is 0 Å². The number of carbonyl (C=O) groups excluding carboxylic acids is 1. The van der Waals surface area contributed by atoms with Gasteiger partial charge in [0.05, 0.1) is 24.8 Å². The number of amides is 2. The number of ether oxygens (including phenoxy) is 2. The predicted octanol–water partition coefficient (Wildman–Crippen LogP) is 2.64. The molecule has 1 heterocycles. The summed E-state index contributed by atoms with van der Waals surface area (Å²) in [6, 6.07) is -1.21. The summed E-state index contributed by atoms with van der Waals surface area (Å²) in [6.07, 6.45) is -4.77. The summed E-state index contributed by atoms with van der Waals surface area (Å²) in [5, 5.41) is 0. The second kappa shape index (κ2) is 6.58. The maximum absolute atomic E-state index is 12.4. The molecule has 0 radical (unpaired) electrons. The van der Waals surface area contributed by atoms with Gasteiger partial charge in [-0.3, -0.25) is 4.74 Å². The summed E-state index contributed by atoms with van der Waals surface area (Å²) in [7, 11) is 1.49. The van der Waals surface area contributed by atoms with E-state index in [2.05, 4.69) is 4.74 Å². The summed E-state index contributed by atoms with van der Waals surface area (Å²) in [5.74, 6) is 0. The molecule has 1 fully saturated rings. The molecule has 0 aliphatic carbocycles. The summed E-state index contributed by atoms with van der Waals surface area (Å²) < 4.78 is 46.3. The van der Waals surface area contributed by atoms with E-state index in [0.717, 1.165) is 0 Å². The van der Waals surface area contributed by atoms with E-state index in [1.165, 1.54) is 37.7 Å². The fourth-order valence-corrected chi connectivity index (χ4v) is 2.46. The highest BCUT2D eigenvalue weighted by molar-refractivity contribution is 6.22. The molecule has 1 aliphatic rings. The first-order valence-corrected chi connectivity index (χ1v) is 6.90. The van der Waals surface area contributed by atoms with Crippen molar-refractivity contribution in [3.63, 3.8) is 0 Å². The van der Waals surface area contributed by atoms with Gasteiger partial charge in [0.25, 0.3) is 0 Å². The molecule has 1 rings (SSSR count). The molecule has 0 bridgehead atoms. The number of halogens is 4. The second-order valence-corrected chi connectivity index (χ2v) is 5.89. The third-order valence-corrected chi connectivity index (χ3v) is 3.94. The molecular formula is C12H20ClF3N2O3. The van der Waals surface area contributed by atoms with Gasteiger partial charge in [-0.15, -0.1) is 13.2 Å². The summed E-state index contributed by atoms with van der Waals surface area (Å²) in [5.41, 5.74) is -2.18. The van der Waals surface area contributed by atoms with Gasteiger partial charge >= 0.3 is 12.4 Å². The van der Waals surface area contributed by atoms with Crippen molar-refractivity contribution >= 4 is 17.6 Å². The quantitative estimate of drug-likeness (QED) is 0.554. The smallest absolute Gasteiger partial charge is 0.383 e. The van der Waals surface area contributed by atoms with Gasteiger partial charge < -0.3 is 14.5 Å². The summed E-state index contributed by atoms with van der Waals surface area (Å²) in [6.45, 7) is 4.81. The van der Waals surface area contributed by atoms with E-state index in [0.29, 0.717) is 6.61 Å². The molecule has 2 amide bonds. The third-order valence-electron chi connectivity index (χ3n) is 3.57. The first-order chi connectivity index (χ1) is 9.49. The lowest BCUT2D eigenvalue weighted by Gasteiger charge is -2.37. The Morgan fingerprint density at radius 1 is 1.43 bits per heavy atom. The van der Waals surface area contributed by atoms with E-state index < -0.39 is 29.5 Å². The minimum atomic E-state index is -4.77. The number of methoxy groups -OCH3 is 1. The molecule has 21 heavy (non-hydrogen) atoms. The lowest BCUT2D eigenvalue weighted by atomic mass is 9.99. The zero-order valence-corrected chi connectivity index (χ0v) is 13.2. The van der Waals surface area contributed by atoms with Crippen LogP contribution in [0, 0.1) is 0 Å². The molecule has 0 aromatic carbocycles. The maximum Gasteiger partial charge on any atom is 0.523 e. The first-order valence-electron chi connectivity index (χ1n) is 6.46. The molecule has 5 nitrogen and oxygen atoms in total. The van der Waals surface area contributed by atoms with Gasteiger partial charge in [0.1, 0.15) is 5.50 Å². The Kier molecular flexibility index (Phi) is 5.74. The van der Waals surface area contributed by atoms with Crippen molar-refractivity contribution in [3.05, 3.63) is 0 Å². The number of carbonyl (C=O) groups is 1. The molecule has 2 unspecified atom stereocenters. The van der Waals surface area contributed by atoms with E-state index in [1.54, 1.807) is 0 Å². The summed E-state index contributed by atoms with van der Waals surface area (Å²) >= 11 is 6.08. The highest BCUT2D eigenvalue weighted by Gasteiger charge is 2.47. The largest absolute Gasteiger partial charge is 0.523 e. The number of hydrogen-bond acceptors (Lipinski definition) is 3. The molecule has 0 N–H and O–H groups in total. The number of urea groups is 1. The standard InChI is InChI=1S/C12H20ClF3N2O3/c1-8(11(2,3)21-12(14,15)16)18-7-9(13)17(10(18)19)5-6-20-4/h8-9H,5-7H2,1-4H3. The molecule has 2 atom stereocenters. The van der Waals surface area contributed by atoms with Crippen LogP contribution in [-0.2, 0) is 9.47 Å². The van der Waals surface area contributed by atoms with Crippen LogP contribution in [0.15, 0.2) is 0 Å². The third kappa shape index (κ3) is 4.62. The van der Waals surface area contributed by atoms with Crippen molar-refractivity contribution in [2.24, 2.45) is 0 Å². The first kappa shape index (κ1) is 18.3. The average molecular weight is 333 g/mol. The molecule has 9 heteroatoms.